The highest BCUT2D eigenvalue weighted by atomic mass is 16.5. The van der Waals surface area contributed by atoms with Crippen molar-refractivity contribution in [3.8, 4) is 34.5 Å². The van der Waals surface area contributed by atoms with E-state index in [2.05, 4.69) is 4.90 Å². The minimum atomic E-state index is -0.199. The molecule has 0 atom stereocenters. The van der Waals surface area contributed by atoms with E-state index in [1.807, 2.05) is 30.3 Å². The SMILES string of the molecule is COc1cccc(CN2COc3ccc4c(c3C2)O/C(=C\c2ccc(OC)c(OC)c2OC)C4=O)c1. The fourth-order valence-corrected chi connectivity index (χ4v) is 4.51. The first-order valence-electron chi connectivity index (χ1n) is 11.4. The van der Waals surface area contributed by atoms with Crippen LogP contribution in [-0.2, 0) is 13.1 Å². The van der Waals surface area contributed by atoms with Crippen molar-refractivity contribution in [3.05, 3.63) is 76.5 Å². The second-order valence-corrected chi connectivity index (χ2v) is 8.39. The average Bonchev–Trinajstić information content (AvgIpc) is 3.23. The Balaban J connectivity index is 1.44. The summed E-state index contributed by atoms with van der Waals surface area (Å²) < 4.78 is 33.9. The number of hydrogen-bond acceptors (Lipinski definition) is 8. The summed E-state index contributed by atoms with van der Waals surface area (Å²) in [6.45, 7) is 1.68. The number of Topliss-reactive ketones (excluding diaryl/α,β-unsaturated/α-hetero) is 1. The number of ketones is 1. The van der Waals surface area contributed by atoms with Gasteiger partial charge in [0.25, 0.3) is 0 Å². The monoisotopic (exact) mass is 489 g/mol. The third-order valence-corrected chi connectivity index (χ3v) is 6.24. The molecule has 8 nitrogen and oxygen atoms in total. The zero-order valence-corrected chi connectivity index (χ0v) is 20.6. The van der Waals surface area contributed by atoms with Crippen molar-refractivity contribution in [2.75, 3.05) is 35.2 Å². The van der Waals surface area contributed by atoms with Crippen molar-refractivity contribution in [2.24, 2.45) is 0 Å². The Morgan fingerprint density at radius 3 is 2.53 bits per heavy atom. The number of methoxy groups -OCH3 is 4. The Morgan fingerprint density at radius 2 is 1.78 bits per heavy atom. The van der Waals surface area contributed by atoms with Crippen molar-refractivity contribution in [1.29, 1.82) is 0 Å². The zero-order chi connectivity index (χ0) is 25.2. The lowest BCUT2D eigenvalue weighted by atomic mass is 10.0. The van der Waals surface area contributed by atoms with Crippen LogP contribution in [0.2, 0.25) is 0 Å². The van der Waals surface area contributed by atoms with Crippen molar-refractivity contribution >= 4 is 11.9 Å². The molecule has 2 heterocycles. The first kappa shape index (κ1) is 23.6. The molecule has 2 aliphatic rings. The van der Waals surface area contributed by atoms with E-state index in [1.54, 1.807) is 38.5 Å². The summed E-state index contributed by atoms with van der Waals surface area (Å²) in [5.74, 6) is 3.47. The van der Waals surface area contributed by atoms with Gasteiger partial charge in [0.15, 0.2) is 17.3 Å². The molecular weight excluding hydrogens is 462 g/mol. The van der Waals surface area contributed by atoms with Gasteiger partial charge in [-0.2, -0.15) is 0 Å². The number of ether oxygens (including phenoxy) is 6. The van der Waals surface area contributed by atoms with Gasteiger partial charge in [-0.05, 0) is 48.0 Å². The molecular formula is C28H27NO7. The Labute approximate surface area is 209 Å². The standard InChI is InChI=1S/C28H27NO7/c1-31-19-7-5-6-17(12-19)14-29-15-21-22(35-16-29)11-9-20-25(30)24(36-27(20)21)13-18-8-10-23(32-2)28(34-4)26(18)33-3/h5-13H,14-16H2,1-4H3/b24-13-. The maximum Gasteiger partial charge on any atom is 0.231 e. The van der Waals surface area contributed by atoms with Crippen LogP contribution in [0, 0.1) is 0 Å². The predicted molar refractivity (Wildman–Crippen MR) is 133 cm³/mol. The molecule has 5 rings (SSSR count). The van der Waals surface area contributed by atoms with Crippen LogP contribution in [0.4, 0.5) is 0 Å². The highest BCUT2D eigenvalue weighted by molar-refractivity contribution is 6.15. The van der Waals surface area contributed by atoms with Crippen LogP contribution in [0.1, 0.15) is 27.0 Å². The minimum Gasteiger partial charge on any atom is -0.497 e. The second-order valence-electron chi connectivity index (χ2n) is 8.39. The number of nitrogens with zero attached hydrogens (tertiary/aromatic N) is 1. The van der Waals surface area contributed by atoms with Crippen LogP contribution >= 0.6 is 0 Å². The topological polar surface area (TPSA) is 75.7 Å². The Hall–Kier alpha value is -4.17. The van der Waals surface area contributed by atoms with Gasteiger partial charge in [-0.15, -0.1) is 0 Å². The van der Waals surface area contributed by atoms with E-state index >= 15 is 0 Å². The lowest BCUT2D eigenvalue weighted by Gasteiger charge is -2.29. The molecule has 186 valence electrons. The molecule has 0 bridgehead atoms. The summed E-state index contributed by atoms with van der Waals surface area (Å²) in [4.78, 5) is 15.4. The fourth-order valence-electron chi connectivity index (χ4n) is 4.51. The van der Waals surface area contributed by atoms with Gasteiger partial charge in [-0.1, -0.05) is 12.1 Å². The second kappa shape index (κ2) is 9.83. The third kappa shape index (κ3) is 4.20. The van der Waals surface area contributed by atoms with E-state index < -0.39 is 0 Å². The summed E-state index contributed by atoms with van der Waals surface area (Å²) in [7, 11) is 6.28. The van der Waals surface area contributed by atoms with Crippen LogP contribution in [0.3, 0.4) is 0 Å². The highest BCUT2D eigenvalue weighted by Crippen LogP contribution is 2.44. The number of rotatable bonds is 7. The Morgan fingerprint density at radius 1 is 0.944 bits per heavy atom. The largest absolute Gasteiger partial charge is 0.497 e. The summed E-state index contributed by atoms with van der Waals surface area (Å²) in [5.41, 5.74) is 3.09. The van der Waals surface area contributed by atoms with Gasteiger partial charge in [0, 0.05) is 18.7 Å². The number of hydrogen-bond donors (Lipinski definition) is 0. The first-order valence-corrected chi connectivity index (χ1v) is 11.4. The minimum absolute atomic E-state index is 0.199. The quantitative estimate of drug-likeness (QED) is 0.443. The zero-order valence-electron chi connectivity index (χ0n) is 20.6. The van der Waals surface area contributed by atoms with Gasteiger partial charge in [0.1, 0.15) is 24.0 Å². The molecule has 0 aromatic heterocycles. The number of fused-ring (bicyclic) bond motifs is 3. The van der Waals surface area contributed by atoms with E-state index in [9.17, 15) is 4.79 Å². The molecule has 0 unspecified atom stereocenters. The van der Waals surface area contributed by atoms with Crippen molar-refractivity contribution < 1.29 is 33.2 Å². The molecule has 0 amide bonds. The molecule has 3 aromatic rings. The molecule has 0 radical (unpaired) electrons. The van der Waals surface area contributed by atoms with E-state index in [-0.39, 0.29) is 11.5 Å². The molecule has 0 fully saturated rings. The van der Waals surface area contributed by atoms with Crippen LogP contribution in [0.5, 0.6) is 34.5 Å². The Bertz CT molecular complexity index is 1350. The molecule has 0 saturated carbocycles. The molecule has 0 spiro atoms. The van der Waals surface area contributed by atoms with Crippen molar-refractivity contribution in [2.45, 2.75) is 13.1 Å². The first-order chi connectivity index (χ1) is 17.6. The summed E-state index contributed by atoms with van der Waals surface area (Å²) in [6.07, 6.45) is 1.66. The molecule has 36 heavy (non-hydrogen) atoms. The van der Waals surface area contributed by atoms with Gasteiger partial charge in [0.05, 0.1) is 39.6 Å². The molecule has 3 aromatic carbocycles. The van der Waals surface area contributed by atoms with Gasteiger partial charge >= 0.3 is 0 Å². The third-order valence-electron chi connectivity index (χ3n) is 6.24. The van der Waals surface area contributed by atoms with Crippen LogP contribution in [-0.4, -0.2) is 45.9 Å². The smallest absolute Gasteiger partial charge is 0.231 e. The molecule has 0 saturated heterocycles. The lowest BCUT2D eigenvalue weighted by Crippen LogP contribution is -2.31. The summed E-state index contributed by atoms with van der Waals surface area (Å²) >= 11 is 0. The van der Waals surface area contributed by atoms with Gasteiger partial charge in [-0.3, -0.25) is 9.69 Å². The van der Waals surface area contributed by atoms with E-state index in [1.165, 1.54) is 14.2 Å². The van der Waals surface area contributed by atoms with Gasteiger partial charge < -0.3 is 28.4 Å². The maximum absolute atomic E-state index is 13.2. The van der Waals surface area contributed by atoms with Crippen molar-refractivity contribution in [1.82, 2.24) is 4.90 Å². The summed E-state index contributed by atoms with van der Waals surface area (Å²) in [6, 6.07) is 15.1. The normalized spacial score (nSPS) is 15.6. The average molecular weight is 490 g/mol. The number of allylic oxidation sites excluding steroid dienone is 1. The molecule has 2 aliphatic heterocycles. The predicted octanol–water partition coefficient (Wildman–Crippen LogP) is 4.69. The number of benzene rings is 3. The van der Waals surface area contributed by atoms with E-state index in [0.717, 1.165) is 16.9 Å². The van der Waals surface area contributed by atoms with Crippen LogP contribution in [0.15, 0.2) is 54.3 Å². The maximum atomic E-state index is 13.2. The molecule has 8 heteroatoms. The van der Waals surface area contributed by atoms with Gasteiger partial charge in [0.2, 0.25) is 11.5 Å². The summed E-state index contributed by atoms with van der Waals surface area (Å²) in [5, 5.41) is 0. The fraction of sp³-hybridized carbons (Fsp3) is 0.250. The van der Waals surface area contributed by atoms with E-state index in [0.29, 0.717) is 59.7 Å². The molecule has 0 N–H and O–H groups in total. The highest BCUT2D eigenvalue weighted by Gasteiger charge is 2.34. The molecule has 0 aliphatic carbocycles. The van der Waals surface area contributed by atoms with Crippen molar-refractivity contribution in [3.63, 3.8) is 0 Å². The Kier molecular flexibility index (Phi) is 6.43. The van der Waals surface area contributed by atoms with E-state index in [4.69, 9.17) is 28.4 Å². The lowest BCUT2D eigenvalue weighted by molar-refractivity contribution is 0.0872. The van der Waals surface area contributed by atoms with Gasteiger partial charge in [-0.25, -0.2) is 0 Å². The van der Waals surface area contributed by atoms with Crippen LogP contribution in [0.25, 0.3) is 6.08 Å². The van der Waals surface area contributed by atoms with Crippen LogP contribution < -0.4 is 28.4 Å². The number of carbonyl (C=O) groups is 1. The number of carbonyl (C=O) groups excluding carboxylic acids is 1.